The summed E-state index contributed by atoms with van der Waals surface area (Å²) in [5.74, 6) is 0.0422. The van der Waals surface area contributed by atoms with Gasteiger partial charge in [-0.15, -0.1) is 0 Å². The van der Waals surface area contributed by atoms with Crippen molar-refractivity contribution < 1.29 is 17.9 Å². The van der Waals surface area contributed by atoms with Crippen molar-refractivity contribution in [3.8, 4) is 5.75 Å². The van der Waals surface area contributed by atoms with E-state index in [9.17, 15) is 13.2 Å². The Morgan fingerprint density at radius 3 is 2.59 bits per heavy atom. The van der Waals surface area contributed by atoms with Gasteiger partial charge < -0.3 is 10.1 Å². The number of nitrogens with one attached hydrogen (secondary N) is 1. The third-order valence-corrected chi connectivity index (χ3v) is 6.11. The minimum atomic E-state index is -3.54. The molecule has 0 bridgehead atoms. The van der Waals surface area contributed by atoms with Gasteiger partial charge >= 0.3 is 0 Å². The fourth-order valence-corrected chi connectivity index (χ4v) is 4.55. The fraction of sp³-hybridized carbons (Fsp3) is 0.381. The van der Waals surface area contributed by atoms with Crippen molar-refractivity contribution in [2.45, 2.75) is 38.3 Å². The highest BCUT2D eigenvalue weighted by Gasteiger charge is 2.33. The Labute approximate surface area is 176 Å². The summed E-state index contributed by atoms with van der Waals surface area (Å²) in [7, 11) is -3.54. The van der Waals surface area contributed by atoms with Crippen molar-refractivity contribution in [1.29, 1.82) is 0 Å². The standard InChI is InChI=1S/C21H25ClN2O4S/c1-21(2,14-15-7-5-4-6-8-15)23-20(25)19-11-12-24(29(3,26)27)17-13-16(22)9-10-18(17)28-19/h4-10,13,19H,11-12,14H2,1-3H3,(H,23,25). The zero-order chi connectivity index (χ0) is 21.2. The zero-order valence-electron chi connectivity index (χ0n) is 16.7. The van der Waals surface area contributed by atoms with Crippen molar-refractivity contribution >= 4 is 33.2 Å². The van der Waals surface area contributed by atoms with Crippen LogP contribution in [0.15, 0.2) is 48.5 Å². The molecule has 0 aromatic heterocycles. The van der Waals surface area contributed by atoms with E-state index in [0.29, 0.717) is 22.9 Å². The molecule has 1 unspecified atom stereocenters. The largest absolute Gasteiger partial charge is 0.478 e. The van der Waals surface area contributed by atoms with Gasteiger partial charge in [-0.05, 0) is 44.0 Å². The molecule has 29 heavy (non-hydrogen) atoms. The topological polar surface area (TPSA) is 75.7 Å². The van der Waals surface area contributed by atoms with Crippen molar-refractivity contribution in [3.63, 3.8) is 0 Å². The van der Waals surface area contributed by atoms with Gasteiger partial charge in [0.15, 0.2) is 6.10 Å². The molecular weight excluding hydrogens is 412 g/mol. The molecule has 1 aliphatic heterocycles. The van der Waals surface area contributed by atoms with E-state index in [1.165, 1.54) is 10.4 Å². The monoisotopic (exact) mass is 436 g/mol. The number of hydrogen-bond acceptors (Lipinski definition) is 4. The van der Waals surface area contributed by atoms with Gasteiger partial charge in [0.25, 0.3) is 5.91 Å². The highest BCUT2D eigenvalue weighted by Crippen LogP contribution is 2.36. The van der Waals surface area contributed by atoms with Crippen molar-refractivity contribution in [2.75, 3.05) is 17.1 Å². The molecule has 2 aromatic carbocycles. The lowest BCUT2D eigenvalue weighted by molar-refractivity contribution is -0.129. The van der Waals surface area contributed by atoms with E-state index in [0.717, 1.165) is 11.8 Å². The smallest absolute Gasteiger partial charge is 0.261 e. The van der Waals surface area contributed by atoms with Gasteiger partial charge in [-0.3, -0.25) is 9.10 Å². The van der Waals surface area contributed by atoms with Gasteiger partial charge in [0, 0.05) is 23.5 Å². The molecule has 1 aliphatic rings. The third-order valence-electron chi connectivity index (χ3n) is 4.70. The summed E-state index contributed by atoms with van der Waals surface area (Å²) < 4.78 is 31.6. The first-order chi connectivity index (χ1) is 13.5. The number of halogens is 1. The van der Waals surface area contributed by atoms with Crippen LogP contribution in [0.3, 0.4) is 0 Å². The lowest BCUT2D eigenvalue weighted by atomic mass is 9.94. The Balaban J connectivity index is 1.79. The second kappa shape index (κ2) is 8.24. The molecule has 1 atom stereocenters. The molecule has 6 nitrogen and oxygen atoms in total. The van der Waals surface area contributed by atoms with Gasteiger partial charge in [0.1, 0.15) is 5.75 Å². The quantitative estimate of drug-likeness (QED) is 0.779. The highest BCUT2D eigenvalue weighted by molar-refractivity contribution is 7.92. The Kier molecular flexibility index (Phi) is 6.10. The van der Waals surface area contributed by atoms with Crippen LogP contribution < -0.4 is 14.4 Å². The lowest BCUT2D eigenvalue weighted by Crippen LogP contribution is -2.50. The van der Waals surface area contributed by atoms with E-state index in [1.54, 1.807) is 12.1 Å². The number of sulfonamides is 1. The fourth-order valence-electron chi connectivity index (χ4n) is 3.45. The third kappa shape index (κ3) is 5.42. The van der Waals surface area contributed by atoms with Crippen molar-refractivity contribution in [1.82, 2.24) is 5.32 Å². The second-order valence-corrected chi connectivity index (χ2v) is 10.2. The average molecular weight is 437 g/mol. The molecule has 0 fully saturated rings. The normalized spacial score (nSPS) is 17.1. The number of benzene rings is 2. The number of fused-ring (bicyclic) bond motifs is 1. The summed E-state index contributed by atoms with van der Waals surface area (Å²) in [5.41, 5.74) is 0.967. The lowest BCUT2D eigenvalue weighted by Gasteiger charge is -2.29. The van der Waals surface area contributed by atoms with Crippen molar-refractivity contribution in [2.24, 2.45) is 0 Å². The first-order valence-electron chi connectivity index (χ1n) is 9.35. The number of nitrogens with zero attached hydrogens (tertiary/aromatic N) is 1. The molecule has 0 spiro atoms. The number of hydrogen-bond donors (Lipinski definition) is 1. The van der Waals surface area contributed by atoms with Crippen LogP contribution in [0.1, 0.15) is 25.8 Å². The second-order valence-electron chi connectivity index (χ2n) is 7.88. The molecule has 0 radical (unpaired) electrons. The molecule has 1 heterocycles. The zero-order valence-corrected chi connectivity index (χ0v) is 18.3. The SMILES string of the molecule is CC(C)(Cc1ccccc1)NC(=O)C1CCN(S(C)(=O)=O)c2cc(Cl)ccc2O1. The van der Waals surface area contributed by atoms with Gasteiger partial charge in [0.2, 0.25) is 10.0 Å². The number of rotatable bonds is 5. The van der Waals surface area contributed by atoms with Gasteiger partial charge in [-0.1, -0.05) is 41.9 Å². The Morgan fingerprint density at radius 1 is 1.24 bits per heavy atom. The van der Waals surface area contributed by atoms with Crippen LogP contribution in [0.2, 0.25) is 5.02 Å². The molecule has 8 heteroatoms. The predicted octanol–water partition coefficient (Wildman–Crippen LogP) is 3.39. The summed E-state index contributed by atoms with van der Waals surface area (Å²) in [6, 6.07) is 14.6. The molecule has 1 N–H and O–H groups in total. The van der Waals surface area contributed by atoms with E-state index >= 15 is 0 Å². The molecule has 3 rings (SSSR count). The maximum Gasteiger partial charge on any atom is 0.261 e. The minimum Gasteiger partial charge on any atom is -0.478 e. The molecule has 0 aliphatic carbocycles. The summed E-state index contributed by atoms with van der Waals surface area (Å²) in [6.07, 6.45) is 1.21. The first kappa shape index (κ1) is 21.5. The number of anilines is 1. The predicted molar refractivity (Wildman–Crippen MR) is 115 cm³/mol. The van der Waals surface area contributed by atoms with E-state index in [-0.39, 0.29) is 18.9 Å². The minimum absolute atomic E-state index is 0.128. The summed E-state index contributed by atoms with van der Waals surface area (Å²) >= 11 is 6.05. The van der Waals surface area contributed by atoms with Crippen LogP contribution in [-0.2, 0) is 21.2 Å². The van der Waals surface area contributed by atoms with Crippen LogP contribution in [0.25, 0.3) is 0 Å². The van der Waals surface area contributed by atoms with E-state index in [2.05, 4.69) is 5.32 Å². The van der Waals surface area contributed by atoms with Crippen LogP contribution in [0.5, 0.6) is 5.75 Å². The van der Waals surface area contributed by atoms with Crippen molar-refractivity contribution in [3.05, 3.63) is 59.1 Å². The van der Waals surface area contributed by atoms with E-state index in [4.69, 9.17) is 16.3 Å². The molecule has 1 amide bonds. The molecule has 0 saturated heterocycles. The van der Waals surface area contributed by atoms with E-state index in [1.807, 2.05) is 44.2 Å². The summed E-state index contributed by atoms with van der Waals surface area (Å²) in [4.78, 5) is 13.0. The maximum atomic E-state index is 13.0. The van der Waals surface area contributed by atoms with E-state index < -0.39 is 21.7 Å². The molecule has 2 aromatic rings. The van der Waals surface area contributed by atoms with Crippen LogP contribution >= 0.6 is 11.6 Å². The molecule has 156 valence electrons. The Hall–Kier alpha value is -2.25. The van der Waals surface area contributed by atoms with Gasteiger partial charge in [0.05, 0.1) is 11.9 Å². The number of ether oxygens (including phenoxy) is 1. The molecule has 0 saturated carbocycles. The number of carbonyl (C=O) groups excluding carboxylic acids is 1. The highest BCUT2D eigenvalue weighted by atomic mass is 35.5. The average Bonchev–Trinajstić information content (AvgIpc) is 2.81. The number of amides is 1. The summed E-state index contributed by atoms with van der Waals surface area (Å²) in [6.45, 7) is 4.03. The number of carbonyl (C=O) groups is 1. The Morgan fingerprint density at radius 2 is 1.93 bits per heavy atom. The maximum absolute atomic E-state index is 13.0. The molecular formula is C21H25ClN2O4S. The van der Waals surface area contributed by atoms with Crippen LogP contribution in [0.4, 0.5) is 5.69 Å². The van der Waals surface area contributed by atoms with Gasteiger partial charge in [-0.2, -0.15) is 0 Å². The summed E-state index contributed by atoms with van der Waals surface area (Å²) in [5, 5.41) is 3.44. The van der Waals surface area contributed by atoms with Gasteiger partial charge in [-0.25, -0.2) is 8.42 Å². The van der Waals surface area contributed by atoms with Crippen LogP contribution in [-0.4, -0.2) is 38.8 Å². The van der Waals surface area contributed by atoms with Crippen LogP contribution in [0, 0.1) is 0 Å². The Bertz CT molecular complexity index is 993. The first-order valence-corrected chi connectivity index (χ1v) is 11.6.